The second-order valence-electron chi connectivity index (χ2n) is 2.55. The monoisotopic (exact) mass is 332 g/mol. The predicted molar refractivity (Wildman–Crippen MR) is 60.6 cm³/mol. The van der Waals surface area contributed by atoms with E-state index in [-0.39, 0.29) is 0 Å². The van der Waals surface area contributed by atoms with Crippen molar-refractivity contribution in [2.24, 2.45) is 0 Å². The van der Waals surface area contributed by atoms with Crippen molar-refractivity contribution >= 4 is 34.4 Å². The molecule has 0 spiro atoms. The molecule has 0 saturated carbocycles. The summed E-state index contributed by atoms with van der Waals surface area (Å²) < 4.78 is 37.7. The Balaban J connectivity index is 3.14. The van der Waals surface area contributed by atoms with E-state index < -0.39 is 11.7 Å². The van der Waals surface area contributed by atoms with Crippen molar-refractivity contribution in [3.05, 3.63) is 27.3 Å². The molecule has 1 rings (SSSR count). The van der Waals surface area contributed by atoms with E-state index in [2.05, 4.69) is 0 Å². The van der Waals surface area contributed by atoms with Gasteiger partial charge in [-0.2, -0.15) is 13.2 Å². The molecule has 5 heteroatoms. The van der Waals surface area contributed by atoms with Crippen LogP contribution in [0.1, 0.15) is 12.5 Å². The van der Waals surface area contributed by atoms with Crippen LogP contribution in [0, 0.1) is 3.57 Å². The maximum atomic E-state index is 12.5. The van der Waals surface area contributed by atoms with Gasteiger partial charge >= 0.3 is 6.18 Å². The van der Waals surface area contributed by atoms with E-state index in [9.17, 15) is 13.2 Å². The molecule has 0 aromatic heterocycles. The first-order valence-electron chi connectivity index (χ1n) is 3.95. The summed E-state index contributed by atoms with van der Waals surface area (Å²) in [7, 11) is 0. The minimum absolute atomic E-state index is 0.296. The lowest BCUT2D eigenvalue weighted by Gasteiger charge is -2.11. The molecule has 0 nitrogen and oxygen atoms in total. The van der Waals surface area contributed by atoms with Gasteiger partial charge in [-0.15, -0.1) is 11.8 Å². The SMILES string of the molecule is CCSc1cccc(C(F)(F)F)c1I. The highest BCUT2D eigenvalue weighted by Crippen LogP contribution is 2.36. The Hall–Kier alpha value is 0.0900. The zero-order valence-corrected chi connectivity index (χ0v) is 10.3. The highest BCUT2D eigenvalue weighted by Gasteiger charge is 2.33. The highest BCUT2D eigenvalue weighted by molar-refractivity contribution is 14.1. The fourth-order valence-electron chi connectivity index (χ4n) is 0.997. The average Bonchev–Trinajstić information content (AvgIpc) is 2.07. The molecule has 0 fully saturated rings. The van der Waals surface area contributed by atoms with Gasteiger partial charge in [-0.1, -0.05) is 13.0 Å². The highest BCUT2D eigenvalue weighted by atomic mass is 127. The van der Waals surface area contributed by atoms with Gasteiger partial charge in [0.1, 0.15) is 0 Å². The lowest BCUT2D eigenvalue weighted by Crippen LogP contribution is -2.07. The van der Waals surface area contributed by atoms with Crippen LogP contribution in [0.3, 0.4) is 0 Å². The summed E-state index contributed by atoms with van der Waals surface area (Å²) in [5, 5.41) is 0. The average molecular weight is 332 g/mol. The molecule has 0 aliphatic carbocycles. The zero-order valence-electron chi connectivity index (χ0n) is 7.36. The van der Waals surface area contributed by atoms with Crippen molar-refractivity contribution in [3.63, 3.8) is 0 Å². The molecule has 0 aliphatic rings. The van der Waals surface area contributed by atoms with Gasteiger partial charge in [-0.3, -0.25) is 0 Å². The van der Waals surface area contributed by atoms with Crippen LogP contribution in [0.4, 0.5) is 13.2 Å². The van der Waals surface area contributed by atoms with Crippen LogP contribution in [0.2, 0.25) is 0 Å². The van der Waals surface area contributed by atoms with E-state index >= 15 is 0 Å². The van der Waals surface area contributed by atoms with Crippen molar-refractivity contribution in [3.8, 4) is 0 Å². The van der Waals surface area contributed by atoms with Crippen LogP contribution in [0.25, 0.3) is 0 Å². The van der Waals surface area contributed by atoms with Crippen molar-refractivity contribution in [1.29, 1.82) is 0 Å². The van der Waals surface area contributed by atoms with Crippen LogP contribution < -0.4 is 0 Å². The molecule has 0 amide bonds. The number of hydrogen-bond donors (Lipinski definition) is 0. The first kappa shape index (κ1) is 12.2. The Morgan fingerprint density at radius 3 is 2.50 bits per heavy atom. The van der Waals surface area contributed by atoms with Gasteiger partial charge in [0.25, 0.3) is 0 Å². The Morgan fingerprint density at radius 1 is 1.36 bits per heavy atom. The summed E-state index contributed by atoms with van der Waals surface area (Å²) in [6.07, 6.45) is -4.25. The molecule has 14 heavy (non-hydrogen) atoms. The Morgan fingerprint density at radius 2 is 2.00 bits per heavy atom. The number of thioether (sulfide) groups is 1. The molecular formula is C9H8F3IS. The summed E-state index contributed by atoms with van der Waals surface area (Å²) in [6, 6.07) is 4.27. The van der Waals surface area contributed by atoms with Crippen molar-refractivity contribution in [2.45, 2.75) is 18.0 Å². The molecule has 78 valence electrons. The molecule has 0 N–H and O–H groups in total. The maximum Gasteiger partial charge on any atom is 0.417 e. The van der Waals surface area contributed by atoms with E-state index in [1.165, 1.54) is 17.8 Å². The third kappa shape index (κ3) is 2.79. The van der Waals surface area contributed by atoms with Crippen LogP contribution in [-0.4, -0.2) is 5.75 Å². The number of benzene rings is 1. The molecule has 0 heterocycles. The molecule has 0 radical (unpaired) electrons. The molecule has 0 unspecified atom stereocenters. The topological polar surface area (TPSA) is 0 Å². The fourth-order valence-corrected chi connectivity index (χ4v) is 2.85. The van der Waals surface area contributed by atoms with Crippen LogP contribution in [0.15, 0.2) is 23.1 Å². The molecule has 0 aliphatic heterocycles. The van der Waals surface area contributed by atoms with Crippen molar-refractivity contribution in [1.82, 2.24) is 0 Å². The first-order valence-corrected chi connectivity index (χ1v) is 6.01. The number of halogens is 4. The first-order chi connectivity index (χ1) is 6.46. The maximum absolute atomic E-state index is 12.5. The van der Waals surface area contributed by atoms with Crippen LogP contribution in [-0.2, 0) is 6.18 Å². The van der Waals surface area contributed by atoms with Crippen LogP contribution in [0.5, 0.6) is 0 Å². The third-order valence-corrected chi connectivity index (χ3v) is 4.04. The molecule has 0 atom stereocenters. The largest absolute Gasteiger partial charge is 0.417 e. The summed E-state index contributed by atoms with van der Waals surface area (Å²) in [4.78, 5) is 0.697. The summed E-state index contributed by atoms with van der Waals surface area (Å²) in [5.41, 5.74) is -0.545. The van der Waals surface area contributed by atoms with Gasteiger partial charge < -0.3 is 0 Å². The lowest BCUT2D eigenvalue weighted by atomic mass is 10.2. The summed E-state index contributed by atoms with van der Waals surface area (Å²) in [5.74, 6) is 0.775. The predicted octanol–water partition coefficient (Wildman–Crippen LogP) is 4.42. The zero-order chi connectivity index (χ0) is 10.8. The van der Waals surface area contributed by atoms with E-state index in [0.29, 0.717) is 8.47 Å². The van der Waals surface area contributed by atoms with E-state index in [0.717, 1.165) is 11.8 Å². The van der Waals surface area contributed by atoms with Gasteiger partial charge in [0, 0.05) is 8.47 Å². The molecule has 1 aromatic rings. The minimum Gasteiger partial charge on any atom is -0.166 e. The number of hydrogen-bond acceptors (Lipinski definition) is 1. The van der Waals surface area contributed by atoms with Gasteiger partial charge in [0.15, 0.2) is 0 Å². The molecule has 0 bridgehead atoms. The van der Waals surface area contributed by atoms with E-state index in [4.69, 9.17) is 0 Å². The minimum atomic E-state index is -4.25. The van der Waals surface area contributed by atoms with Gasteiger partial charge in [-0.05, 0) is 40.5 Å². The lowest BCUT2D eigenvalue weighted by molar-refractivity contribution is -0.138. The Labute approximate surface area is 98.4 Å². The second kappa shape index (κ2) is 4.74. The number of alkyl halides is 3. The molecule has 0 saturated heterocycles. The quantitative estimate of drug-likeness (QED) is 0.571. The van der Waals surface area contributed by atoms with Gasteiger partial charge in [0.2, 0.25) is 0 Å². The summed E-state index contributed by atoms with van der Waals surface area (Å²) in [6.45, 7) is 1.92. The van der Waals surface area contributed by atoms with Gasteiger partial charge in [-0.25, -0.2) is 0 Å². The smallest absolute Gasteiger partial charge is 0.166 e. The van der Waals surface area contributed by atoms with E-state index in [1.807, 2.05) is 6.92 Å². The Kier molecular flexibility index (Phi) is 4.12. The van der Waals surface area contributed by atoms with Crippen LogP contribution >= 0.6 is 34.4 Å². The van der Waals surface area contributed by atoms with E-state index in [1.54, 1.807) is 28.7 Å². The normalized spacial score (nSPS) is 11.8. The number of rotatable bonds is 2. The third-order valence-electron chi connectivity index (χ3n) is 1.57. The molecule has 1 aromatic carbocycles. The van der Waals surface area contributed by atoms with Crippen molar-refractivity contribution in [2.75, 3.05) is 5.75 Å². The van der Waals surface area contributed by atoms with Gasteiger partial charge in [0.05, 0.1) is 5.56 Å². The molecular weight excluding hydrogens is 324 g/mol. The van der Waals surface area contributed by atoms with Crippen molar-refractivity contribution < 1.29 is 13.2 Å². The standard InChI is InChI=1S/C9H8F3IS/c1-2-14-7-5-3-4-6(8(7)13)9(10,11)12/h3-5H,2H2,1H3. The Bertz CT molecular complexity index is 322. The fraction of sp³-hybridized carbons (Fsp3) is 0.333. The second-order valence-corrected chi connectivity index (χ2v) is 4.93. The summed E-state index contributed by atoms with van der Waals surface area (Å²) >= 11 is 3.17.